The Hall–Kier alpha value is -1.50. The average Bonchev–Trinajstić information content (AvgIpc) is 3.08. The molecule has 12 heteroatoms. The number of rotatable bonds is 7. The van der Waals surface area contributed by atoms with E-state index in [0.29, 0.717) is 38.0 Å². The van der Waals surface area contributed by atoms with E-state index in [-0.39, 0.29) is 53.4 Å². The van der Waals surface area contributed by atoms with Gasteiger partial charge < -0.3 is 20.9 Å². The second-order valence-electron chi connectivity index (χ2n) is 7.34. The molecule has 0 spiro atoms. The topological polar surface area (TPSA) is 81.6 Å². The molecule has 2 rings (SSSR count). The standard InChI is InChI=1S/C19H28ClF3N6O.HI/c1-4-24-18(25-7-5-16(30)27-12(2)3)28-14-6-8-29(11-14)17-15(20)9-13(10-26-17)19(21,22)23;/h9-10,12,14H,4-8,11H2,1-3H3,(H,27,30)(H2,24,25,28);1H. The van der Waals surface area contributed by atoms with Crippen molar-refractivity contribution in [3.63, 3.8) is 0 Å². The molecule has 0 saturated carbocycles. The molecule has 0 radical (unpaired) electrons. The predicted octanol–water partition coefficient (Wildman–Crippen LogP) is 3.42. The number of guanidine groups is 1. The van der Waals surface area contributed by atoms with Crippen molar-refractivity contribution >= 4 is 53.3 Å². The van der Waals surface area contributed by atoms with E-state index in [0.717, 1.165) is 18.7 Å². The normalized spacial score (nSPS) is 16.8. The van der Waals surface area contributed by atoms with Gasteiger partial charge in [-0.25, -0.2) is 4.98 Å². The fourth-order valence-electron chi connectivity index (χ4n) is 3.07. The molecule has 2 heterocycles. The maximum atomic E-state index is 12.8. The third-order valence-corrected chi connectivity index (χ3v) is 4.66. The molecule has 0 aromatic carbocycles. The summed E-state index contributed by atoms with van der Waals surface area (Å²) in [7, 11) is 0. The van der Waals surface area contributed by atoms with E-state index in [1.54, 1.807) is 0 Å². The van der Waals surface area contributed by atoms with E-state index in [2.05, 4.69) is 25.9 Å². The summed E-state index contributed by atoms with van der Waals surface area (Å²) in [6.07, 6.45) is -2.64. The van der Waals surface area contributed by atoms with Crippen LogP contribution in [0.2, 0.25) is 5.02 Å². The van der Waals surface area contributed by atoms with Crippen LogP contribution in [-0.2, 0) is 11.0 Å². The number of pyridine rings is 1. The van der Waals surface area contributed by atoms with Gasteiger partial charge in [0, 0.05) is 44.3 Å². The first kappa shape index (κ1) is 27.5. The van der Waals surface area contributed by atoms with Gasteiger partial charge in [0.05, 0.1) is 17.1 Å². The first-order valence-electron chi connectivity index (χ1n) is 9.92. The Morgan fingerprint density at radius 2 is 2.13 bits per heavy atom. The lowest BCUT2D eigenvalue weighted by Gasteiger charge is -2.21. The quantitative estimate of drug-likeness (QED) is 0.263. The first-order chi connectivity index (χ1) is 14.1. The number of halogens is 5. The second kappa shape index (κ2) is 12.5. The Labute approximate surface area is 202 Å². The number of aliphatic imine (C=N–C) groups is 1. The largest absolute Gasteiger partial charge is 0.417 e. The van der Waals surface area contributed by atoms with Crippen LogP contribution in [0.15, 0.2) is 17.3 Å². The minimum atomic E-state index is -4.48. The molecule has 1 atom stereocenters. The molecule has 7 nitrogen and oxygen atoms in total. The Kier molecular flexibility index (Phi) is 11.1. The minimum Gasteiger partial charge on any atom is -0.357 e. The van der Waals surface area contributed by atoms with Crippen molar-refractivity contribution < 1.29 is 18.0 Å². The highest BCUT2D eigenvalue weighted by molar-refractivity contribution is 14.0. The predicted molar refractivity (Wildman–Crippen MR) is 127 cm³/mol. The highest BCUT2D eigenvalue weighted by Crippen LogP contribution is 2.34. The van der Waals surface area contributed by atoms with E-state index in [9.17, 15) is 18.0 Å². The zero-order valence-corrected chi connectivity index (χ0v) is 20.8. The molecule has 1 unspecified atom stereocenters. The smallest absolute Gasteiger partial charge is 0.357 e. The monoisotopic (exact) mass is 576 g/mol. The lowest BCUT2D eigenvalue weighted by atomic mass is 10.2. The molecule has 0 bridgehead atoms. The van der Waals surface area contributed by atoms with E-state index >= 15 is 0 Å². The van der Waals surface area contributed by atoms with Crippen LogP contribution < -0.4 is 20.9 Å². The zero-order valence-electron chi connectivity index (χ0n) is 17.7. The summed E-state index contributed by atoms with van der Waals surface area (Å²) in [5.41, 5.74) is -0.867. The third kappa shape index (κ3) is 8.87. The summed E-state index contributed by atoms with van der Waals surface area (Å²) < 4.78 is 38.4. The zero-order chi connectivity index (χ0) is 22.3. The van der Waals surface area contributed by atoms with Gasteiger partial charge in [0.25, 0.3) is 0 Å². The number of anilines is 1. The average molecular weight is 577 g/mol. The van der Waals surface area contributed by atoms with E-state index in [1.807, 2.05) is 25.7 Å². The molecule has 1 aromatic rings. The fraction of sp³-hybridized carbons (Fsp3) is 0.632. The molecular weight excluding hydrogens is 548 g/mol. The van der Waals surface area contributed by atoms with E-state index in [1.165, 1.54) is 0 Å². The van der Waals surface area contributed by atoms with Gasteiger partial charge in [-0.05, 0) is 33.3 Å². The number of amides is 1. The van der Waals surface area contributed by atoms with Gasteiger partial charge in [0.15, 0.2) is 5.96 Å². The van der Waals surface area contributed by atoms with Gasteiger partial charge in [-0.15, -0.1) is 24.0 Å². The number of carbonyl (C=O) groups excluding carboxylic acids is 1. The lowest BCUT2D eigenvalue weighted by Crippen LogP contribution is -2.44. The number of nitrogens with one attached hydrogen (secondary N) is 3. The number of nitrogens with zero attached hydrogens (tertiary/aromatic N) is 3. The van der Waals surface area contributed by atoms with Crippen molar-refractivity contribution in [1.82, 2.24) is 20.9 Å². The molecule has 0 aliphatic carbocycles. The van der Waals surface area contributed by atoms with Gasteiger partial charge in [-0.1, -0.05) is 11.6 Å². The number of alkyl halides is 3. The Bertz CT molecular complexity index is 763. The van der Waals surface area contributed by atoms with Gasteiger partial charge in [0.1, 0.15) is 5.82 Å². The van der Waals surface area contributed by atoms with Crippen LogP contribution in [0.25, 0.3) is 0 Å². The highest BCUT2D eigenvalue weighted by atomic mass is 127. The molecule has 1 aliphatic heterocycles. The van der Waals surface area contributed by atoms with Crippen LogP contribution in [0.4, 0.5) is 19.0 Å². The molecule has 1 aliphatic rings. The molecular formula is C19H29ClF3IN6O. The maximum absolute atomic E-state index is 12.8. The van der Waals surface area contributed by atoms with Crippen molar-refractivity contribution in [2.75, 3.05) is 31.1 Å². The van der Waals surface area contributed by atoms with Crippen molar-refractivity contribution in [1.29, 1.82) is 0 Å². The van der Waals surface area contributed by atoms with Crippen molar-refractivity contribution in [2.24, 2.45) is 4.99 Å². The van der Waals surface area contributed by atoms with Gasteiger partial charge >= 0.3 is 6.18 Å². The third-order valence-electron chi connectivity index (χ3n) is 4.38. The molecule has 1 saturated heterocycles. The van der Waals surface area contributed by atoms with Gasteiger partial charge in [-0.2, -0.15) is 13.2 Å². The number of hydrogen-bond acceptors (Lipinski definition) is 4. The molecule has 3 N–H and O–H groups in total. The van der Waals surface area contributed by atoms with E-state index < -0.39 is 11.7 Å². The number of carbonyl (C=O) groups is 1. The molecule has 1 amide bonds. The molecule has 1 fully saturated rings. The molecule has 176 valence electrons. The van der Waals surface area contributed by atoms with Crippen molar-refractivity contribution in [2.45, 2.75) is 51.9 Å². The second-order valence-corrected chi connectivity index (χ2v) is 7.74. The summed E-state index contributed by atoms with van der Waals surface area (Å²) in [5.74, 6) is 0.870. The van der Waals surface area contributed by atoms with Crippen LogP contribution in [0, 0.1) is 0 Å². The van der Waals surface area contributed by atoms with Gasteiger partial charge in [-0.3, -0.25) is 9.79 Å². The summed E-state index contributed by atoms with van der Waals surface area (Å²) in [5, 5.41) is 9.23. The van der Waals surface area contributed by atoms with Crippen LogP contribution in [0.3, 0.4) is 0 Å². The summed E-state index contributed by atoms with van der Waals surface area (Å²) in [4.78, 5) is 21.9. The summed E-state index contributed by atoms with van der Waals surface area (Å²) >= 11 is 6.05. The summed E-state index contributed by atoms with van der Waals surface area (Å²) in [6.45, 7) is 7.87. The highest BCUT2D eigenvalue weighted by Gasteiger charge is 2.33. The number of hydrogen-bond donors (Lipinski definition) is 3. The minimum absolute atomic E-state index is 0. The van der Waals surface area contributed by atoms with Crippen LogP contribution in [0.1, 0.15) is 39.2 Å². The maximum Gasteiger partial charge on any atom is 0.417 e. The van der Waals surface area contributed by atoms with Gasteiger partial charge in [0.2, 0.25) is 5.91 Å². The molecule has 31 heavy (non-hydrogen) atoms. The number of aromatic nitrogens is 1. The molecule has 1 aromatic heterocycles. The van der Waals surface area contributed by atoms with E-state index in [4.69, 9.17) is 11.6 Å². The van der Waals surface area contributed by atoms with Crippen molar-refractivity contribution in [3.8, 4) is 0 Å². The van der Waals surface area contributed by atoms with Crippen LogP contribution in [0.5, 0.6) is 0 Å². The summed E-state index contributed by atoms with van der Waals surface area (Å²) in [6, 6.07) is 1.01. The Morgan fingerprint density at radius 1 is 1.42 bits per heavy atom. The SMILES string of the molecule is CCNC(=NCCC(=O)NC(C)C)NC1CCN(c2ncc(C(F)(F)F)cc2Cl)C1.I. The first-order valence-corrected chi connectivity index (χ1v) is 10.3. The van der Waals surface area contributed by atoms with Crippen LogP contribution >= 0.6 is 35.6 Å². The fourth-order valence-corrected chi connectivity index (χ4v) is 3.35. The van der Waals surface area contributed by atoms with Crippen molar-refractivity contribution in [3.05, 3.63) is 22.8 Å². The Balaban J connectivity index is 0.00000480. The van der Waals surface area contributed by atoms with Crippen LogP contribution in [-0.4, -0.2) is 55.1 Å². The lowest BCUT2D eigenvalue weighted by molar-refractivity contribution is -0.137. The Morgan fingerprint density at radius 3 is 2.71 bits per heavy atom.